The zero-order chi connectivity index (χ0) is 9.07. The Morgan fingerprint density at radius 2 is 1.91 bits per heavy atom. The quantitative estimate of drug-likeness (QED) is 0.670. The normalized spacial score (nSPS) is 13.8. The molecule has 0 saturated heterocycles. The molecule has 1 atom stereocenters. The van der Waals surface area contributed by atoms with Crippen LogP contribution >= 0.6 is 8.03 Å². The molecule has 1 unspecified atom stereocenters. The molecular formula is C8H18O2P+. The molecule has 11 heavy (non-hydrogen) atoms. The minimum absolute atomic E-state index is 0.0103. The summed E-state index contributed by atoms with van der Waals surface area (Å²) >= 11 is 0. The summed E-state index contributed by atoms with van der Waals surface area (Å²) in [5.74, 6) is 0.597. The number of hydrogen-bond donors (Lipinski definition) is 1. The van der Waals surface area contributed by atoms with Crippen molar-refractivity contribution in [2.75, 3.05) is 6.16 Å². The highest BCUT2D eigenvalue weighted by Gasteiger charge is 2.29. The number of rotatable bonds is 4. The van der Waals surface area contributed by atoms with Gasteiger partial charge in [-0.1, -0.05) is 27.7 Å². The Kier molecular flexibility index (Phi) is 4.20. The van der Waals surface area contributed by atoms with Crippen LogP contribution in [-0.4, -0.2) is 11.1 Å². The molecule has 0 aromatic carbocycles. The third-order valence-electron chi connectivity index (χ3n) is 1.52. The van der Waals surface area contributed by atoms with E-state index in [2.05, 4.69) is 13.8 Å². The Hall–Kier alpha value is 0.0600. The lowest BCUT2D eigenvalue weighted by Crippen LogP contribution is -2.17. The number of hydrogen-bond acceptors (Lipinski definition) is 1. The topological polar surface area (TPSA) is 37.3 Å². The Morgan fingerprint density at radius 1 is 1.45 bits per heavy atom. The van der Waals surface area contributed by atoms with Crippen molar-refractivity contribution in [3.63, 3.8) is 0 Å². The summed E-state index contributed by atoms with van der Waals surface area (Å²) in [5, 5.41) is 0. The van der Waals surface area contributed by atoms with Gasteiger partial charge in [0, 0.05) is 5.41 Å². The van der Waals surface area contributed by atoms with Crippen LogP contribution in [0.4, 0.5) is 0 Å². The maximum atomic E-state index is 10.5. The summed E-state index contributed by atoms with van der Waals surface area (Å²) in [7, 11) is -1.97. The van der Waals surface area contributed by atoms with Crippen LogP contribution in [0.5, 0.6) is 0 Å². The van der Waals surface area contributed by atoms with Crippen molar-refractivity contribution in [2.24, 2.45) is 11.3 Å². The fraction of sp³-hybridized carbons (Fsp3) is 1.00. The first-order valence-corrected chi connectivity index (χ1v) is 5.37. The van der Waals surface area contributed by atoms with Crippen molar-refractivity contribution in [3.8, 4) is 0 Å². The molecule has 0 aliphatic rings. The van der Waals surface area contributed by atoms with Crippen LogP contribution in [0.15, 0.2) is 0 Å². The Morgan fingerprint density at radius 3 is 2.18 bits per heavy atom. The van der Waals surface area contributed by atoms with Crippen molar-refractivity contribution in [1.82, 2.24) is 0 Å². The molecule has 0 spiro atoms. The first-order valence-electron chi connectivity index (χ1n) is 3.97. The summed E-state index contributed by atoms with van der Waals surface area (Å²) in [5.41, 5.74) is 0.0103. The summed E-state index contributed by atoms with van der Waals surface area (Å²) in [6, 6.07) is 0. The molecule has 0 aromatic heterocycles. The largest absolute Gasteiger partial charge is 0.505 e. The lowest BCUT2D eigenvalue weighted by molar-refractivity contribution is 0.316. The smallest absolute Gasteiger partial charge is 0.161 e. The maximum Gasteiger partial charge on any atom is 0.505 e. The lowest BCUT2D eigenvalue weighted by atomic mass is 9.86. The van der Waals surface area contributed by atoms with Gasteiger partial charge in [0.15, 0.2) is 6.16 Å². The minimum atomic E-state index is -1.97. The van der Waals surface area contributed by atoms with Crippen LogP contribution in [0.2, 0.25) is 0 Å². The highest BCUT2D eigenvalue weighted by atomic mass is 31.1. The van der Waals surface area contributed by atoms with Gasteiger partial charge in [0.25, 0.3) is 0 Å². The first-order chi connectivity index (χ1) is 4.83. The molecule has 0 aromatic rings. The van der Waals surface area contributed by atoms with E-state index in [1.165, 1.54) is 0 Å². The molecule has 0 radical (unpaired) electrons. The third kappa shape index (κ3) is 6.46. The molecule has 0 amide bonds. The van der Waals surface area contributed by atoms with Gasteiger partial charge in [-0.25, -0.2) is 0 Å². The van der Waals surface area contributed by atoms with E-state index in [4.69, 9.17) is 4.89 Å². The molecule has 2 nitrogen and oxygen atoms in total. The van der Waals surface area contributed by atoms with Gasteiger partial charge in [-0.05, 0) is 16.9 Å². The van der Waals surface area contributed by atoms with Crippen molar-refractivity contribution in [1.29, 1.82) is 0 Å². The van der Waals surface area contributed by atoms with Crippen molar-refractivity contribution < 1.29 is 9.46 Å². The zero-order valence-electron chi connectivity index (χ0n) is 7.79. The molecule has 1 N–H and O–H groups in total. The maximum absolute atomic E-state index is 10.5. The summed E-state index contributed by atoms with van der Waals surface area (Å²) in [4.78, 5) is 8.71. The second kappa shape index (κ2) is 4.18. The van der Waals surface area contributed by atoms with Gasteiger partial charge in [0.1, 0.15) is 0 Å². The minimum Gasteiger partial charge on any atom is -0.161 e. The van der Waals surface area contributed by atoms with Gasteiger partial charge in [-0.15, -0.1) is 0 Å². The molecule has 0 heterocycles. The Labute approximate surface area is 69.9 Å². The molecule has 0 aliphatic carbocycles. The summed E-state index contributed by atoms with van der Waals surface area (Å²) in [6.45, 7) is 8.34. The van der Waals surface area contributed by atoms with Crippen LogP contribution in [0.1, 0.15) is 34.1 Å². The Bertz CT molecular complexity index is 141. The standard InChI is InChI=1S/C8H17O2P/c1-7(2)5-8(3,4)6-11(9)10/h7H,5-6H2,1-4H3/p+1. The second-order valence-electron chi connectivity index (χ2n) is 4.27. The van der Waals surface area contributed by atoms with Crippen molar-refractivity contribution >= 4 is 8.03 Å². The predicted octanol–water partition coefficient (Wildman–Crippen LogP) is 2.79. The molecule has 66 valence electrons. The predicted molar refractivity (Wildman–Crippen MR) is 47.9 cm³/mol. The molecule has 3 heteroatoms. The molecule has 0 bridgehead atoms. The SMILES string of the molecule is CC(C)CC(C)(C)C[P+](=O)O. The van der Waals surface area contributed by atoms with Crippen LogP contribution in [-0.2, 0) is 4.57 Å². The average Bonchev–Trinajstić information content (AvgIpc) is 1.53. The second-order valence-corrected chi connectivity index (χ2v) is 5.29. The van der Waals surface area contributed by atoms with E-state index in [0.717, 1.165) is 6.42 Å². The monoisotopic (exact) mass is 177 g/mol. The van der Waals surface area contributed by atoms with Crippen LogP contribution < -0.4 is 0 Å². The fourth-order valence-corrected chi connectivity index (χ4v) is 2.40. The first kappa shape index (κ1) is 11.1. The van der Waals surface area contributed by atoms with E-state index >= 15 is 0 Å². The van der Waals surface area contributed by atoms with Crippen molar-refractivity contribution in [3.05, 3.63) is 0 Å². The molecule has 0 saturated carbocycles. The molecular weight excluding hydrogens is 159 g/mol. The van der Waals surface area contributed by atoms with Crippen LogP contribution in [0.25, 0.3) is 0 Å². The third-order valence-corrected chi connectivity index (χ3v) is 2.65. The average molecular weight is 177 g/mol. The van der Waals surface area contributed by atoms with Crippen molar-refractivity contribution in [2.45, 2.75) is 34.1 Å². The van der Waals surface area contributed by atoms with Crippen LogP contribution in [0, 0.1) is 11.3 Å². The van der Waals surface area contributed by atoms with E-state index in [0.29, 0.717) is 12.1 Å². The van der Waals surface area contributed by atoms with Gasteiger partial charge in [0.05, 0.1) is 0 Å². The van der Waals surface area contributed by atoms with Crippen LogP contribution in [0.3, 0.4) is 0 Å². The molecule has 0 rings (SSSR count). The fourth-order valence-electron chi connectivity index (χ4n) is 1.54. The van der Waals surface area contributed by atoms with E-state index in [-0.39, 0.29) is 5.41 Å². The van der Waals surface area contributed by atoms with E-state index in [1.807, 2.05) is 13.8 Å². The highest BCUT2D eigenvalue weighted by Crippen LogP contribution is 2.33. The molecule has 0 aliphatic heterocycles. The Balaban J connectivity index is 3.89. The molecule has 0 fully saturated rings. The van der Waals surface area contributed by atoms with Gasteiger partial charge in [-0.2, -0.15) is 4.89 Å². The highest BCUT2D eigenvalue weighted by molar-refractivity contribution is 7.38. The van der Waals surface area contributed by atoms with E-state index < -0.39 is 8.03 Å². The van der Waals surface area contributed by atoms with Gasteiger partial charge in [0.2, 0.25) is 0 Å². The zero-order valence-corrected chi connectivity index (χ0v) is 8.69. The van der Waals surface area contributed by atoms with Gasteiger partial charge < -0.3 is 0 Å². The van der Waals surface area contributed by atoms with Gasteiger partial charge in [-0.3, -0.25) is 0 Å². The van der Waals surface area contributed by atoms with Gasteiger partial charge >= 0.3 is 8.03 Å². The van der Waals surface area contributed by atoms with E-state index in [1.54, 1.807) is 0 Å². The van der Waals surface area contributed by atoms with E-state index in [9.17, 15) is 4.57 Å². The summed E-state index contributed by atoms with van der Waals surface area (Å²) < 4.78 is 10.5. The lowest BCUT2D eigenvalue weighted by Gasteiger charge is -2.20. The summed E-state index contributed by atoms with van der Waals surface area (Å²) in [6.07, 6.45) is 1.43.